The minimum Gasteiger partial charge on any atom is -0.311 e. The van der Waals surface area contributed by atoms with Crippen molar-refractivity contribution in [1.82, 2.24) is 0 Å². The quantitative estimate of drug-likeness (QED) is 0.133. The summed E-state index contributed by atoms with van der Waals surface area (Å²) in [6.07, 6.45) is 0. The minimum absolute atomic E-state index is 0.0521. The molecule has 16 rings (SSSR count). The van der Waals surface area contributed by atoms with Crippen LogP contribution in [-0.4, -0.2) is 13.4 Å². The molecule has 0 saturated carbocycles. The molecule has 0 radical (unpaired) electrons. The molecule has 0 saturated heterocycles. The molecule has 0 N–H and O–H groups in total. The first-order chi connectivity index (χ1) is 40.1. The highest BCUT2D eigenvalue weighted by atomic mass is 32.2. The van der Waals surface area contributed by atoms with Crippen molar-refractivity contribution in [3.8, 4) is 0 Å². The summed E-state index contributed by atoms with van der Waals surface area (Å²) in [5, 5.41) is 0. The fourth-order valence-electron chi connectivity index (χ4n) is 13.4. The molecule has 0 bridgehead atoms. The Morgan fingerprint density at radius 2 is 0.654 bits per heavy atom. The Bertz CT molecular complexity index is 4300. The van der Waals surface area contributed by atoms with Gasteiger partial charge in [-0.3, -0.25) is 0 Å². The zero-order valence-electron chi connectivity index (χ0n) is 44.5. The van der Waals surface area contributed by atoms with Gasteiger partial charge in [0.05, 0.1) is 5.69 Å². The number of anilines is 15. The average molecular weight is 1050 g/mol. The van der Waals surface area contributed by atoms with Crippen molar-refractivity contribution in [3.63, 3.8) is 0 Å². The van der Waals surface area contributed by atoms with Gasteiger partial charge in [0.1, 0.15) is 0 Å². The lowest BCUT2D eigenvalue weighted by atomic mass is 9.31. The monoisotopic (exact) mass is 1050 g/mol. The Balaban J connectivity index is 0.990. The van der Waals surface area contributed by atoms with Crippen molar-refractivity contribution in [2.75, 3.05) is 24.5 Å². The Hall–Kier alpha value is -9.88. The van der Waals surface area contributed by atoms with Crippen LogP contribution in [0.5, 0.6) is 0 Å². The second-order valence-electron chi connectivity index (χ2n) is 21.3. The number of hydrogen-bond donors (Lipinski definition) is 0. The first kappa shape index (κ1) is 47.1. The minimum atomic E-state index is -0.0964. The van der Waals surface area contributed by atoms with Crippen LogP contribution in [0.3, 0.4) is 0 Å². The van der Waals surface area contributed by atoms with Crippen LogP contribution in [0.4, 0.5) is 85.3 Å². The van der Waals surface area contributed by atoms with Crippen LogP contribution >= 0.6 is 11.8 Å². The zero-order chi connectivity index (χ0) is 53.5. The van der Waals surface area contributed by atoms with Gasteiger partial charge < -0.3 is 24.5 Å². The van der Waals surface area contributed by atoms with Crippen LogP contribution in [0, 0.1) is 6.92 Å². The highest BCUT2D eigenvalue weighted by Gasteiger charge is 2.47. The van der Waals surface area contributed by atoms with E-state index in [9.17, 15) is 0 Å². The summed E-state index contributed by atoms with van der Waals surface area (Å²) >= 11 is 1.91. The number of aryl methyl sites for hydroxylation is 1. The molecule has 0 aliphatic carbocycles. The first-order valence-electron chi connectivity index (χ1n) is 27.9. The van der Waals surface area contributed by atoms with Crippen LogP contribution in [0.15, 0.2) is 301 Å². The summed E-state index contributed by atoms with van der Waals surface area (Å²) in [6.45, 7) is 2.11. The lowest BCUT2D eigenvalue weighted by Crippen LogP contribution is -2.64. The van der Waals surface area contributed by atoms with Gasteiger partial charge in [-0.2, -0.15) is 0 Å². The van der Waals surface area contributed by atoms with Crippen LogP contribution in [-0.2, 0) is 0 Å². The van der Waals surface area contributed by atoms with E-state index in [0.717, 1.165) is 62.6 Å². The largest absolute Gasteiger partial charge is 0.311 e. The second kappa shape index (κ2) is 19.2. The van der Waals surface area contributed by atoms with Gasteiger partial charge in [-0.25, -0.2) is 0 Å². The van der Waals surface area contributed by atoms with Crippen molar-refractivity contribution in [3.05, 3.63) is 297 Å². The van der Waals surface area contributed by atoms with Crippen molar-refractivity contribution in [2.24, 2.45) is 0 Å². The highest BCUT2D eigenvalue weighted by Crippen LogP contribution is 2.51. The molecule has 4 heterocycles. The molecule has 4 aliphatic rings. The molecule has 8 heteroatoms. The molecule has 0 fully saturated rings. The molecular weight excluding hydrogens is 1000 g/mol. The van der Waals surface area contributed by atoms with E-state index < -0.39 is 0 Å². The molecular formula is C73H51B2N5S. The molecule has 12 aromatic carbocycles. The average Bonchev–Trinajstić information content (AvgIpc) is 3.53. The smallest absolute Gasteiger partial charge is 0.252 e. The molecule has 4 aliphatic heterocycles. The summed E-state index contributed by atoms with van der Waals surface area (Å²) in [5.41, 5.74) is 26.1. The highest BCUT2D eigenvalue weighted by molar-refractivity contribution is 8.00. The van der Waals surface area contributed by atoms with E-state index in [1.165, 1.54) is 70.9 Å². The molecule has 12 aromatic rings. The lowest BCUT2D eigenvalue weighted by molar-refractivity contribution is 1.21. The van der Waals surface area contributed by atoms with E-state index in [-0.39, 0.29) is 13.4 Å². The van der Waals surface area contributed by atoms with Gasteiger partial charge in [-0.15, -0.1) is 0 Å². The summed E-state index contributed by atoms with van der Waals surface area (Å²) in [7, 11) is 0. The molecule has 0 amide bonds. The summed E-state index contributed by atoms with van der Waals surface area (Å²) in [6, 6.07) is 107. The van der Waals surface area contributed by atoms with Gasteiger partial charge in [-0.1, -0.05) is 187 Å². The maximum atomic E-state index is 2.63. The third-order valence-electron chi connectivity index (χ3n) is 16.7. The number of fused-ring (bicyclic) bond motifs is 8. The topological polar surface area (TPSA) is 16.2 Å². The van der Waals surface area contributed by atoms with Crippen molar-refractivity contribution in [2.45, 2.75) is 16.7 Å². The van der Waals surface area contributed by atoms with Gasteiger partial charge in [0.25, 0.3) is 6.71 Å². The van der Waals surface area contributed by atoms with Crippen LogP contribution in [0.1, 0.15) is 5.56 Å². The molecule has 81 heavy (non-hydrogen) atoms. The Morgan fingerprint density at radius 3 is 1.14 bits per heavy atom. The van der Waals surface area contributed by atoms with Gasteiger partial charge in [-0.05, 0) is 161 Å². The van der Waals surface area contributed by atoms with E-state index in [0.29, 0.717) is 0 Å². The first-order valence-corrected chi connectivity index (χ1v) is 28.7. The SMILES string of the molecule is Cc1ccccc1N1c2cc3c(cc2B2c4ccccc4N(c4ccccc4)c4cc(N(c5ccccc5)c5ccccc5)cc1c42)B1c2ccccc2N(c2ccccc2)c2cc(N(c4ccccc4)c4ccccc4)cc(c21)S3. The Kier molecular flexibility index (Phi) is 11.2. The normalized spacial score (nSPS) is 13.1. The Morgan fingerprint density at radius 1 is 0.272 bits per heavy atom. The number of benzene rings is 12. The molecule has 0 spiro atoms. The summed E-state index contributed by atoms with van der Waals surface area (Å²) in [5.74, 6) is 0. The van der Waals surface area contributed by atoms with Gasteiger partial charge in [0.15, 0.2) is 0 Å². The number of nitrogens with zero attached hydrogens (tertiary/aromatic N) is 5. The fourth-order valence-corrected chi connectivity index (χ4v) is 14.6. The maximum absolute atomic E-state index is 2.63. The van der Waals surface area contributed by atoms with E-state index in [2.05, 4.69) is 323 Å². The van der Waals surface area contributed by atoms with E-state index in [1.54, 1.807) is 0 Å². The predicted octanol–water partition coefficient (Wildman–Crippen LogP) is 15.8. The van der Waals surface area contributed by atoms with Crippen LogP contribution in [0.2, 0.25) is 0 Å². The van der Waals surface area contributed by atoms with Crippen molar-refractivity contribution >= 4 is 143 Å². The van der Waals surface area contributed by atoms with Gasteiger partial charge in [0.2, 0.25) is 6.71 Å². The molecule has 0 unspecified atom stereocenters. The number of para-hydroxylation sites is 9. The van der Waals surface area contributed by atoms with E-state index in [4.69, 9.17) is 0 Å². The van der Waals surface area contributed by atoms with Crippen molar-refractivity contribution in [1.29, 1.82) is 0 Å². The van der Waals surface area contributed by atoms with E-state index in [1.807, 2.05) is 11.8 Å². The van der Waals surface area contributed by atoms with Crippen LogP contribution in [0.25, 0.3) is 0 Å². The molecule has 380 valence electrons. The molecule has 0 aromatic heterocycles. The van der Waals surface area contributed by atoms with Crippen LogP contribution < -0.4 is 57.3 Å². The van der Waals surface area contributed by atoms with Gasteiger partial charge in [0, 0.05) is 89.4 Å². The fraction of sp³-hybridized carbons (Fsp3) is 0.0137. The third kappa shape index (κ3) is 7.58. The third-order valence-corrected chi connectivity index (χ3v) is 17.8. The summed E-state index contributed by atoms with van der Waals surface area (Å²) < 4.78 is 0. The summed E-state index contributed by atoms with van der Waals surface area (Å²) in [4.78, 5) is 15.0. The lowest BCUT2D eigenvalue weighted by Gasteiger charge is -2.46. The number of rotatable bonds is 9. The molecule has 5 nitrogen and oxygen atoms in total. The maximum Gasteiger partial charge on any atom is 0.252 e. The van der Waals surface area contributed by atoms with Crippen molar-refractivity contribution < 1.29 is 0 Å². The van der Waals surface area contributed by atoms with Gasteiger partial charge >= 0.3 is 0 Å². The number of hydrogen-bond acceptors (Lipinski definition) is 6. The second-order valence-corrected chi connectivity index (χ2v) is 22.4. The molecule has 0 atom stereocenters. The zero-order valence-corrected chi connectivity index (χ0v) is 45.3. The standard InChI is InChI=1S/C73H51B2N5S/c1-50-26-20-23-41-63(50)80-66-49-70-62(75-60-40-22-25-43-65(60)79(56-37-18-7-19-38-56)69-46-58(47-71(81-70)73(69)75)77(53-31-12-4-13-32-53)54-33-14-5-15-34-54)48-61(66)74-59-39-21-24-42-64(59)78(55-35-16-6-17-36-55)67-44-57(45-68(80)72(67)74)76(51-27-8-2-9-28-51)52-29-10-3-11-30-52/h2-49H,1H3. The Labute approximate surface area is 478 Å². The predicted molar refractivity (Wildman–Crippen MR) is 344 cm³/mol. The van der Waals surface area contributed by atoms with E-state index >= 15 is 0 Å².